The Labute approximate surface area is 196 Å². The monoisotopic (exact) mass is 446 g/mol. The molecule has 2 heterocycles. The summed E-state index contributed by atoms with van der Waals surface area (Å²) in [6.45, 7) is 9.91. The molecule has 174 valence electrons. The third kappa shape index (κ3) is 5.28. The van der Waals surface area contributed by atoms with Crippen molar-refractivity contribution >= 4 is 17.3 Å². The van der Waals surface area contributed by atoms with Gasteiger partial charge in [0.25, 0.3) is 0 Å². The van der Waals surface area contributed by atoms with Gasteiger partial charge in [-0.1, -0.05) is 44.2 Å². The Bertz CT molecular complexity index is 1020. The minimum atomic E-state index is 0.0205. The topological polar surface area (TPSA) is 61.6 Å². The smallest absolute Gasteiger partial charge is 0.227 e. The molecule has 0 bridgehead atoms. The van der Waals surface area contributed by atoms with E-state index in [4.69, 9.17) is 4.42 Å². The maximum atomic E-state index is 12.4. The molecule has 2 aromatic carbocycles. The van der Waals surface area contributed by atoms with Crippen molar-refractivity contribution in [3.05, 3.63) is 78.0 Å². The zero-order chi connectivity index (χ0) is 23.2. The Morgan fingerprint density at radius 3 is 2.39 bits per heavy atom. The zero-order valence-corrected chi connectivity index (χ0v) is 19.8. The summed E-state index contributed by atoms with van der Waals surface area (Å²) in [5.74, 6) is 0.918. The van der Waals surface area contributed by atoms with E-state index in [0.717, 1.165) is 50.6 Å². The number of nitrogens with one attached hydrogen (secondary N) is 1. The first kappa shape index (κ1) is 23.1. The highest BCUT2D eigenvalue weighted by Gasteiger charge is 2.29. The predicted molar refractivity (Wildman–Crippen MR) is 132 cm³/mol. The number of aromatic nitrogens is 1. The van der Waals surface area contributed by atoms with Gasteiger partial charge in [-0.05, 0) is 49.1 Å². The fraction of sp³-hybridized carbons (Fsp3) is 0.407. The van der Waals surface area contributed by atoms with E-state index >= 15 is 0 Å². The maximum Gasteiger partial charge on any atom is 0.227 e. The second-order valence-electron chi connectivity index (χ2n) is 8.71. The lowest BCUT2D eigenvalue weighted by Crippen LogP contribution is -2.48. The third-order valence-electron chi connectivity index (χ3n) is 6.64. The Morgan fingerprint density at radius 2 is 1.79 bits per heavy atom. The van der Waals surface area contributed by atoms with Crippen LogP contribution >= 0.6 is 0 Å². The van der Waals surface area contributed by atoms with E-state index in [9.17, 15) is 4.79 Å². The summed E-state index contributed by atoms with van der Waals surface area (Å²) in [6, 6.07) is 16.7. The van der Waals surface area contributed by atoms with Crippen molar-refractivity contribution in [2.45, 2.75) is 39.7 Å². The van der Waals surface area contributed by atoms with Crippen LogP contribution in [0.25, 0.3) is 0 Å². The molecule has 1 amide bonds. The molecule has 1 fully saturated rings. The van der Waals surface area contributed by atoms with Crippen LogP contribution in [0.1, 0.15) is 49.7 Å². The van der Waals surface area contributed by atoms with Gasteiger partial charge in [0.2, 0.25) is 11.8 Å². The molecule has 0 aliphatic carbocycles. The number of rotatable bonds is 8. The number of hydrogen-bond acceptors (Lipinski definition) is 5. The minimum Gasteiger partial charge on any atom is -0.447 e. The lowest BCUT2D eigenvalue weighted by Gasteiger charge is -2.40. The van der Waals surface area contributed by atoms with Crippen molar-refractivity contribution in [2.75, 3.05) is 36.4 Å². The number of benzene rings is 2. The van der Waals surface area contributed by atoms with Crippen LogP contribution in [0.2, 0.25) is 0 Å². The fourth-order valence-electron chi connectivity index (χ4n) is 4.73. The summed E-state index contributed by atoms with van der Waals surface area (Å²) < 4.78 is 5.71. The average molecular weight is 447 g/mol. The molecule has 1 atom stereocenters. The van der Waals surface area contributed by atoms with E-state index in [2.05, 4.69) is 77.3 Å². The van der Waals surface area contributed by atoms with E-state index < -0.39 is 0 Å². The van der Waals surface area contributed by atoms with Gasteiger partial charge in [-0.2, -0.15) is 0 Å². The molecular weight excluding hydrogens is 412 g/mol. The highest BCUT2D eigenvalue weighted by Crippen LogP contribution is 2.31. The summed E-state index contributed by atoms with van der Waals surface area (Å²) >= 11 is 0. The Hall–Kier alpha value is -3.12. The molecule has 0 radical (unpaired) electrons. The fourth-order valence-corrected chi connectivity index (χ4v) is 4.73. The van der Waals surface area contributed by atoms with Gasteiger partial charge < -0.3 is 14.6 Å². The number of oxazole rings is 1. The van der Waals surface area contributed by atoms with Gasteiger partial charge >= 0.3 is 0 Å². The van der Waals surface area contributed by atoms with Crippen LogP contribution in [0.5, 0.6) is 0 Å². The van der Waals surface area contributed by atoms with Crippen molar-refractivity contribution in [1.29, 1.82) is 0 Å². The number of aryl methyl sites for hydroxylation is 1. The van der Waals surface area contributed by atoms with Gasteiger partial charge in [0.05, 0.1) is 6.20 Å². The van der Waals surface area contributed by atoms with Crippen LogP contribution < -0.4 is 10.2 Å². The van der Waals surface area contributed by atoms with E-state index in [-0.39, 0.29) is 17.9 Å². The summed E-state index contributed by atoms with van der Waals surface area (Å²) in [6.07, 6.45) is 5.09. The Morgan fingerprint density at radius 1 is 1.06 bits per heavy atom. The molecule has 6 heteroatoms. The lowest BCUT2D eigenvalue weighted by molar-refractivity contribution is -0.120. The number of piperazine rings is 1. The van der Waals surface area contributed by atoms with Gasteiger partial charge in [-0.3, -0.25) is 9.69 Å². The van der Waals surface area contributed by atoms with Gasteiger partial charge in [0.15, 0.2) is 0 Å². The van der Waals surface area contributed by atoms with Gasteiger partial charge in [-0.25, -0.2) is 4.98 Å². The first-order chi connectivity index (χ1) is 16.1. The first-order valence-corrected chi connectivity index (χ1v) is 12.0. The highest BCUT2D eigenvalue weighted by atomic mass is 16.3. The minimum absolute atomic E-state index is 0.0205. The van der Waals surface area contributed by atoms with Crippen molar-refractivity contribution in [3.63, 3.8) is 0 Å². The zero-order valence-electron chi connectivity index (χ0n) is 19.8. The molecule has 3 aromatic rings. The molecule has 33 heavy (non-hydrogen) atoms. The molecule has 1 unspecified atom stereocenters. The molecule has 4 rings (SSSR count). The number of carbonyl (C=O) groups is 1. The SMILES string of the molecule is CCC(CC)C(=O)Nc1ccc(N2CCN(C(c3ccccc3)c3ncco3)CC2)c(C)c1. The molecule has 1 N–H and O–H groups in total. The molecule has 1 aromatic heterocycles. The molecule has 1 saturated heterocycles. The van der Waals surface area contributed by atoms with Gasteiger partial charge in [0, 0.05) is 43.5 Å². The lowest BCUT2D eigenvalue weighted by atomic mass is 10.0. The second kappa shape index (κ2) is 10.7. The normalized spacial score (nSPS) is 15.6. The third-order valence-corrected chi connectivity index (χ3v) is 6.64. The highest BCUT2D eigenvalue weighted by molar-refractivity contribution is 5.92. The summed E-state index contributed by atoms with van der Waals surface area (Å²) in [5, 5.41) is 3.09. The van der Waals surface area contributed by atoms with E-state index in [1.165, 1.54) is 16.8 Å². The quantitative estimate of drug-likeness (QED) is 0.511. The van der Waals surface area contributed by atoms with E-state index in [0.29, 0.717) is 0 Å². The number of nitrogens with zero attached hydrogens (tertiary/aromatic N) is 3. The average Bonchev–Trinajstić information content (AvgIpc) is 3.36. The van der Waals surface area contributed by atoms with Crippen molar-refractivity contribution in [2.24, 2.45) is 5.92 Å². The number of carbonyl (C=O) groups excluding carboxylic acids is 1. The van der Waals surface area contributed by atoms with Crippen molar-refractivity contribution in [3.8, 4) is 0 Å². The number of anilines is 2. The Kier molecular flexibility index (Phi) is 7.45. The van der Waals surface area contributed by atoms with Crippen LogP contribution in [0.3, 0.4) is 0 Å². The molecular formula is C27H34N4O2. The standard InChI is InChI=1S/C27H34N4O2/c1-4-21(5-2)26(32)29-23-11-12-24(20(3)19-23)30-14-16-31(17-15-30)25(27-28-13-18-33-27)22-9-7-6-8-10-22/h6-13,18-19,21,25H,4-5,14-17H2,1-3H3,(H,29,32). The van der Waals surface area contributed by atoms with Crippen molar-refractivity contribution < 1.29 is 9.21 Å². The second-order valence-corrected chi connectivity index (χ2v) is 8.71. The molecule has 1 aliphatic rings. The number of amides is 1. The molecule has 1 aliphatic heterocycles. The number of hydrogen-bond donors (Lipinski definition) is 1. The molecule has 6 nitrogen and oxygen atoms in total. The summed E-state index contributed by atoms with van der Waals surface area (Å²) in [4.78, 5) is 21.8. The van der Waals surface area contributed by atoms with Gasteiger partial charge in [0.1, 0.15) is 12.3 Å². The van der Waals surface area contributed by atoms with Crippen LogP contribution in [-0.2, 0) is 4.79 Å². The molecule has 0 spiro atoms. The van der Waals surface area contributed by atoms with Crippen molar-refractivity contribution in [1.82, 2.24) is 9.88 Å². The Balaban J connectivity index is 1.43. The van der Waals surface area contributed by atoms with Crippen LogP contribution in [0, 0.1) is 12.8 Å². The predicted octanol–water partition coefficient (Wildman–Crippen LogP) is 5.27. The van der Waals surface area contributed by atoms with Crippen LogP contribution in [-0.4, -0.2) is 42.0 Å². The van der Waals surface area contributed by atoms with Gasteiger partial charge in [-0.15, -0.1) is 0 Å². The van der Waals surface area contributed by atoms with Crippen LogP contribution in [0.4, 0.5) is 11.4 Å². The van der Waals surface area contributed by atoms with E-state index in [1.54, 1.807) is 12.5 Å². The maximum absolute atomic E-state index is 12.4. The largest absolute Gasteiger partial charge is 0.447 e. The molecule has 0 saturated carbocycles. The van der Waals surface area contributed by atoms with E-state index in [1.807, 2.05) is 12.1 Å². The summed E-state index contributed by atoms with van der Waals surface area (Å²) in [5.41, 5.74) is 4.47. The first-order valence-electron chi connectivity index (χ1n) is 12.0. The summed E-state index contributed by atoms with van der Waals surface area (Å²) in [7, 11) is 0. The van der Waals surface area contributed by atoms with Crippen LogP contribution in [0.15, 0.2) is 65.4 Å².